The monoisotopic (exact) mass is 152 g/mol. The molecule has 0 aromatic rings. The Balaban J connectivity index is 2.30. The van der Waals surface area contributed by atoms with Crippen LogP contribution in [0.3, 0.4) is 0 Å². The molecule has 0 saturated heterocycles. The van der Waals surface area contributed by atoms with Crippen molar-refractivity contribution in [2.45, 2.75) is 39.5 Å². The molecule has 0 radical (unpaired) electrons. The number of rotatable bonds is 0. The minimum atomic E-state index is 0.0150. The van der Waals surface area contributed by atoms with Crippen LogP contribution in [0.4, 0.5) is 0 Å². The zero-order valence-electron chi connectivity index (χ0n) is 7.39. The second kappa shape index (κ2) is 2.09. The highest BCUT2D eigenvalue weighted by molar-refractivity contribution is 5.88. The minimum Gasteiger partial charge on any atom is -0.299 e. The van der Waals surface area contributed by atoms with Gasteiger partial charge in [0.25, 0.3) is 0 Å². The SMILES string of the molecule is CC1(C)C(=O)C2CCC1CC2. The quantitative estimate of drug-likeness (QED) is 0.521. The fourth-order valence-electron chi connectivity index (χ4n) is 2.80. The van der Waals surface area contributed by atoms with Crippen molar-refractivity contribution in [2.24, 2.45) is 17.3 Å². The van der Waals surface area contributed by atoms with Crippen molar-refractivity contribution in [1.29, 1.82) is 0 Å². The molecular formula is C10H16O. The van der Waals surface area contributed by atoms with Gasteiger partial charge < -0.3 is 0 Å². The van der Waals surface area contributed by atoms with E-state index in [-0.39, 0.29) is 5.41 Å². The summed E-state index contributed by atoms with van der Waals surface area (Å²) in [5.74, 6) is 1.66. The smallest absolute Gasteiger partial charge is 0.141 e. The molecule has 3 aliphatic rings. The number of Topliss-reactive ketones (excluding diaryl/α,β-unsaturated/α-hetero) is 1. The van der Waals surface area contributed by atoms with E-state index >= 15 is 0 Å². The molecule has 2 bridgehead atoms. The molecule has 0 aromatic carbocycles. The Morgan fingerprint density at radius 2 is 1.73 bits per heavy atom. The molecule has 0 spiro atoms. The van der Waals surface area contributed by atoms with Crippen molar-refractivity contribution >= 4 is 5.78 Å². The van der Waals surface area contributed by atoms with Crippen LogP contribution in [0.2, 0.25) is 0 Å². The third-order valence-corrected chi connectivity index (χ3v) is 3.75. The first-order valence-corrected chi connectivity index (χ1v) is 4.66. The summed E-state index contributed by atoms with van der Waals surface area (Å²) in [6.45, 7) is 4.26. The van der Waals surface area contributed by atoms with Gasteiger partial charge in [-0.2, -0.15) is 0 Å². The Kier molecular flexibility index (Phi) is 1.39. The van der Waals surface area contributed by atoms with Gasteiger partial charge in [0.05, 0.1) is 0 Å². The number of carbonyl (C=O) groups excluding carboxylic acids is 1. The number of hydrogen-bond acceptors (Lipinski definition) is 1. The average molecular weight is 152 g/mol. The molecule has 1 heteroatoms. The molecule has 1 nitrogen and oxygen atoms in total. The maximum atomic E-state index is 11.7. The largest absolute Gasteiger partial charge is 0.299 e. The summed E-state index contributed by atoms with van der Waals surface area (Å²) in [6.07, 6.45) is 4.94. The molecule has 0 N–H and O–H groups in total. The van der Waals surface area contributed by atoms with E-state index in [4.69, 9.17) is 0 Å². The highest BCUT2D eigenvalue weighted by Gasteiger charge is 2.47. The van der Waals surface area contributed by atoms with Crippen LogP contribution in [0.5, 0.6) is 0 Å². The zero-order valence-corrected chi connectivity index (χ0v) is 7.39. The van der Waals surface area contributed by atoms with Gasteiger partial charge in [-0.3, -0.25) is 4.79 Å². The lowest BCUT2D eigenvalue weighted by Crippen LogP contribution is -2.46. The van der Waals surface area contributed by atoms with E-state index in [1.54, 1.807) is 0 Å². The normalized spacial score (nSPS) is 41.1. The summed E-state index contributed by atoms with van der Waals surface area (Å²) < 4.78 is 0. The summed E-state index contributed by atoms with van der Waals surface area (Å²) in [5.41, 5.74) is 0.0150. The van der Waals surface area contributed by atoms with E-state index < -0.39 is 0 Å². The molecule has 3 fully saturated rings. The van der Waals surface area contributed by atoms with Gasteiger partial charge in [-0.25, -0.2) is 0 Å². The zero-order chi connectivity index (χ0) is 8.06. The molecule has 0 amide bonds. The van der Waals surface area contributed by atoms with Crippen LogP contribution in [0.15, 0.2) is 0 Å². The average Bonchev–Trinajstić information content (AvgIpc) is 2.01. The van der Waals surface area contributed by atoms with Crippen LogP contribution in [-0.2, 0) is 4.79 Å². The van der Waals surface area contributed by atoms with E-state index in [0.29, 0.717) is 17.6 Å². The summed E-state index contributed by atoms with van der Waals surface area (Å²) in [7, 11) is 0. The maximum absolute atomic E-state index is 11.7. The fraction of sp³-hybridized carbons (Fsp3) is 0.900. The molecule has 0 unspecified atom stereocenters. The molecule has 0 atom stereocenters. The summed E-state index contributed by atoms with van der Waals surface area (Å²) in [4.78, 5) is 11.7. The van der Waals surface area contributed by atoms with Gasteiger partial charge in [0.1, 0.15) is 5.78 Å². The summed E-state index contributed by atoms with van der Waals surface area (Å²) >= 11 is 0. The van der Waals surface area contributed by atoms with Gasteiger partial charge >= 0.3 is 0 Å². The molecule has 0 aromatic heterocycles. The van der Waals surface area contributed by atoms with Crippen LogP contribution in [0.25, 0.3) is 0 Å². The Hall–Kier alpha value is -0.330. The van der Waals surface area contributed by atoms with Crippen molar-refractivity contribution in [2.75, 3.05) is 0 Å². The first kappa shape index (κ1) is 7.33. The molecule has 0 aliphatic heterocycles. The van der Waals surface area contributed by atoms with Crippen LogP contribution in [-0.4, -0.2) is 5.78 Å². The first-order valence-electron chi connectivity index (χ1n) is 4.66. The van der Waals surface area contributed by atoms with Gasteiger partial charge in [0.2, 0.25) is 0 Å². The van der Waals surface area contributed by atoms with Crippen LogP contribution < -0.4 is 0 Å². The van der Waals surface area contributed by atoms with Crippen molar-refractivity contribution in [3.8, 4) is 0 Å². The van der Waals surface area contributed by atoms with E-state index in [9.17, 15) is 4.79 Å². The van der Waals surface area contributed by atoms with Crippen molar-refractivity contribution in [3.63, 3.8) is 0 Å². The molecular weight excluding hydrogens is 136 g/mol. The second-order valence-corrected chi connectivity index (χ2v) is 4.63. The number of hydrogen-bond donors (Lipinski definition) is 0. The van der Waals surface area contributed by atoms with Crippen molar-refractivity contribution in [3.05, 3.63) is 0 Å². The first-order chi connectivity index (χ1) is 5.12. The van der Waals surface area contributed by atoms with Gasteiger partial charge in [0, 0.05) is 11.3 Å². The number of ketones is 1. The van der Waals surface area contributed by atoms with E-state index in [1.807, 2.05) is 0 Å². The van der Waals surface area contributed by atoms with E-state index in [2.05, 4.69) is 13.8 Å². The van der Waals surface area contributed by atoms with Crippen molar-refractivity contribution in [1.82, 2.24) is 0 Å². The Labute approximate surface area is 68.2 Å². The molecule has 3 aliphatic carbocycles. The van der Waals surface area contributed by atoms with Crippen LogP contribution >= 0.6 is 0 Å². The second-order valence-electron chi connectivity index (χ2n) is 4.63. The number of fused-ring (bicyclic) bond motifs is 3. The Morgan fingerprint density at radius 1 is 1.18 bits per heavy atom. The third-order valence-electron chi connectivity index (χ3n) is 3.75. The van der Waals surface area contributed by atoms with Gasteiger partial charge in [-0.1, -0.05) is 13.8 Å². The molecule has 0 heterocycles. The fourth-order valence-corrected chi connectivity index (χ4v) is 2.80. The van der Waals surface area contributed by atoms with Crippen LogP contribution in [0.1, 0.15) is 39.5 Å². The van der Waals surface area contributed by atoms with Crippen LogP contribution in [0, 0.1) is 17.3 Å². The van der Waals surface area contributed by atoms with Gasteiger partial charge in [-0.15, -0.1) is 0 Å². The molecule has 62 valence electrons. The minimum absolute atomic E-state index is 0.0150. The number of carbonyl (C=O) groups is 1. The van der Waals surface area contributed by atoms with Gasteiger partial charge in [-0.05, 0) is 31.6 Å². The lowest BCUT2D eigenvalue weighted by atomic mass is 9.57. The Bertz CT molecular complexity index is 185. The third kappa shape index (κ3) is 0.863. The van der Waals surface area contributed by atoms with E-state index in [0.717, 1.165) is 0 Å². The molecule has 3 saturated carbocycles. The predicted octanol–water partition coefficient (Wildman–Crippen LogP) is 2.40. The standard InChI is InChI=1S/C10H16O/c1-10(2)8-5-3-7(4-6-8)9(10)11/h7-8H,3-6H2,1-2H3. The Morgan fingerprint density at radius 3 is 2.00 bits per heavy atom. The van der Waals surface area contributed by atoms with E-state index in [1.165, 1.54) is 25.7 Å². The highest BCUT2D eigenvalue weighted by Crippen LogP contribution is 2.49. The summed E-state index contributed by atoms with van der Waals surface area (Å²) in [6, 6.07) is 0. The van der Waals surface area contributed by atoms with Crippen molar-refractivity contribution < 1.29 is 4.79 Å². The lowest BCUT2D eigenvalue weighted by Gasteiger charge is -2.46. The predicted molar refractivity (Wildman–Crippen MR) is 44.2 cm³/mol. The van der Waals surface area contributed by atoms with Gasteiger partial charge in [0.15, 0.2) is 0 Å². The highest BCUT2D eigenvalue weighted by atomic mass is 16.1. The topological polar surface area (TPSA) is 17.1 Å². The maximum Gasteiger partial charge on any atom is 0.141 e. The lowest BCUT2D eigenvalue weighted by molar-refractivity contribution is -0.143. The molecule has 11 heavy (non-hydrogen) atoms. The molecule has 3 rings (SSSR count). The summed E-state index contributed by atoms with van der Waals surface area (Å²) in [5, 5.41) is 0.